The number of aliphatic hydroxyl groups excluding tert-OH is 1. The van der Waals surface area contributed by atoms with Gasteiger partial charge < -0.3 is 10.4 Å². The molecule has 1 aromatic rings. The van der Waals surface area contributed by atoms with Crippen LogP contribution in [0.5, 0.6) is 0 Å². The van der Waals surface area contributed by atoms with Gasteiger partial charge in [0, 0.05) is 12.7 Å². The van der Waals surface area contributed by atoms with Gasteiger partial charge >= 0.3 is 0 Å². The molecule has 0 bridgehead atoms. The highest BCUT2D eigenvalue weighted by molar-refractivity contribution is 5.58. The lowest BCUT2D eigenvalue weighted by atomic mass is 10.1. The van der Waals surface area contributed by atoms with Gasteiger partial charge in [-0.05, 0) is 36.3 Å². The molecule has 1 aromatic carbocycles. The maximum Gasteiger partial charge on any atom is 0.0797 e. The third kappa shape index (κ3) is 1.78. The Bertz CT molecular complexity index is 292. The molecule has 0 spiro atoms. The Labute approximate surface area is 72.5 Å². The minimum Gasteiger partial charge on any atom is -0.516 e. The van der Waals surface area contributed by atoms with Gasteiger partial charge in [-0.2, -0.15) is 0 Å². The molecule has 2 nitrogen and oxygen atoms in total. The molecule has 0 aliphatic rings. The van der Waals surface area contributed by atoms with Crippen LogP contribution in [0.3, 0.4) is 0 Å². The molecule has 0 saturated carbocycles. The van der Waals surface area contributed by atoms with Crippen LogP contribution >= 0.6 is 0 Å². The molecule has 0 radical (unpaired) electrons. The first-order valence-corrected chi connectivity index (χ1v) is 3.87. The molecule has 12 heavy (non-hydrogen) atoms. The maximum absolute atomic E-state index is 8.57. The van der Waals surface area contributed by atoms with Crippen LogP contribution in [0.2, 0.25) is 0 Å². The minimum atomic E-state index is 1.04. The van der Waals surface area contributed by atoms with Crippen LogP contribution in [0.15, 0.2) is 24.5 Å². The van der Waals surface area contributed by atoms with E-state index in [2.05, 4.69) is 5.32 Å². The van der Waals surface area contributed by atoms with Crippen LogP contribution in [-0.2, 0) is 0 Å². The molecule has 0 atom stereocenters. The quantitative estimate of drug-likeness (QED) is 0.657. The van der Waals surface area contributed by atoms with E-state index in [0.29, 0.717) is 0 Å². The van der Waals surface area contributed by atoms with E-state index in [0.717, 1.165) is 23.1 Å². The second kappa shape index (κ2) is 3.81. The van der Waals surface area contributed by atoms with Crippen LogP contribution < -0.4 is 5.32 Å². The molecule has 0 aliphatic carbocycles. The van der Waals surface area contributed by atoms with Gasteiger partial charge in [0.05, 0.1) is 6.26 Å². The van der Waals surface area contributed by atoms with E-state index in [1.807, 2.05) is 32.2 Å². The summed E-state index contributed by atoms with van der Waals surface area (Å²) in [5.41, 5.74) is 3.27. The number of hydrogen-bond donors (Lipinski definition) is 2. The predicted octanol–water partition coefficient (Wildman–Crippen LogP) is 2.57. The molecule has 0 fully saturated rings. The molecule has 0 aliphatic heterocycles. The topological polar surface area (TPSA) is 32.3 Å². The highest BCUT2D eigenvalue weighted by atomic mass is 16.2. The average molecular weight is 163 g/mol. The standard InChI is InChI=1S/C10H13NO/c1-8-7-10(11-2)4-3-9(8)5-6-12/h3-7,11-12H,1-2H3/b6-5+. The molecule has 2 N–H and O–H groups in total. The second-order valence-corrected chi connectivity index (χ2v) is 2.64. The number of hydrogen-bond acceptors (Lipinski definition) is 2. The van der Waals surface area contributed by atoms with Gasteiger partial charge in [-0.25, -0.2) is 0 Å². The van der Waals surface area contributed by atoms with Crippen molar-refractivity contribution in [1.82, 2.24) is 0 Å². The zero-order chi connectivity index (χ0) is 8.97. The predicted molar refractivity (Wildman–Crippen MR) is 52.4 cm³/mol. The fourth-order valence-electron chi connectivity index (χ4n) is 1.10. The Morgan fingerprint density at radius 2 is 2.17 bits per heavy atom. The first-order valence-electron chi connectivity index (χ1n) is 3.87. The Morgan fingerprint density at radius 1 is 1.42 bits per heavy atom. The summed E-state index contributed by atoms with van der Waals surface area (Å²) in [6.45, 7) is 2.01. The van der Waals surface area contributed by atoms with Crippen molar-refractivity contribution in [3.05, 3.63) is 35.6 Å². The first kappa shape index (κ1) is 8.65. The van der Waals surface area contributed by atoms with Crippen LogP contribution in [0.1, 0.15) is 11.1 Å². The summed E-state index contributed by atoms with van der Waals surface area (Å²) in [5, 5.41) is 11.6. The largest absolute Gasteiger partial charge is 0.516 e. The summed E-state index contributed by atoms with van der Waals surface area (Å²) >= 11 is 0. The smallest absolute Gasteiger partial charge is 0.0797 e. The summed E-state index contributed by atoms with van der Waals surface area (Å²) in [7, 11) is 1.89. The highest BCUT2D eigenvalue weighted by Gasteiger charge is 1.94. The molecular formula is C10H13NO. The maximum atomic E-state index is 8.57. The van der Waals surface area contributed by atoms with Gasteiger partial charge in [-0.3, -0.25) is 0 Å². The van der Waals surface area contributed by atoms with Crippen molar-refractivity contribution < 1.29 is 5.11 Å². The molecule has 2 heteroatoms. The first-order chi connectivity index (χ1) is 5.77. The molecular weight excluding hydrogens is 150 g/mol. The fraction of sp³-hybridized carbons (Fsp3) is 0.200. The lowest BCUT2D eigenvalue weighted by Crippen LogP contribution is -1.89. The van der Waals surface area contributed by atoms with E-state index in [-0.39, 0.29) is 0 Å². The monoisotopic (exact) mass is 163 g/mol. The molecule has 0 saturated heterocycles. The zero-order valence-electron chi connectivity index (χ0n) is 7.33. The van der Waals surface area contributed by atoms with E-state index in [1.165, 1.54) is 0 Å². The molecule has 64 valence electrons. The average Bonchev–Trinajstić information content (AvgIpc) is 2.09. The van der Waals surface area contributed by atoms with Crippen LogP contribution in [0.4, 0.5) is 5.69 Å². The SMILES string of the molecule is CNc1ccc(/C=C/O)c(C)c1. The van der Waals surface area contributed by atoms with Gasteiger partial charge in [0.15, 0.2) is 0 Å². The molecule has 0 amide bonds. The summed E-state index contributed by atoms with van der Waals surface area (Å²) in [4.78, 5) is 0. The summed E-state index contributed by atoms with van der Waals surface area (Å²) in [6, 6.07) is 5.98. The molecule has 1 rings (SSSR count). The third-order valence-electron chi connectivity index (χ3n) is 1.81. The lowest BCUT2D eigenvalue weighted by Gasteiger charge is -2.03. The summed E-state index contributed by atoms with van der Waals surface area (Å²) in [5.74, 6) is 0. The van der Waals surface area contributed by atoms with E-state index >= 15 is 0 Å². The van der Waals surface area contributed by atoms with Gasteiger partial charge in [-0.1, -0.05) is 6.07 Å². The summed E-state index contributed by atoms with van der Waals surface area (Å²) in [6.07, 6.45) is 2.73. The summed E-state index contributed by atoms with van der Waals surface area (Å²) < 4.78 is 0. The number of nitrogens with one attached hydrogen (secondary N) is 1. The van der Waals surface area contributed by atoms with Crippen molar-refractivity contribution in [3.63, 3.8) is 0 Å². The van der Waals surface area contributed by atoms with E-state index in [4.69, 9.17) is 5.11 Å². The van der Waals surface area contributed by atoms with Crippen molar-refractivity contribution in [2.24, 2.45) is 0 Å². The van der Waals surface area contributed by atoms with Crippen LogP contribution in [0, 0.1) is 6.92 Å². The van der Waals surface area contributed by atoms with Crippen molar-refractivity contribution in [1.29, 1.82) is 0 Å². The Hall–Kier alpha value is -1.44. The number of benzene rings is 1. The van der Waals surface area contributed by atoms with Gasteiger partial charge in [-0.15, -0.1) is 0 Å². The Kier molecular flexibility index (Phi) is 2.75. The van der Waals surface area contributed by atoms with Gasteiger partial charge in [0.1, 0.15) is 0 Å². The van der Waals surface area contributed by atoms with Crippen molar-refractivity contribution >= 4 is 11.8 Å². The molecule has 0 aromatic heterocycles. The van der Waals surface area contributed by atoms with Gasteiger partial charge in [0.2, 0.25) is 0 Å². The normalized spacial score (nSPS) is 10.5. The third-order valence-corrected chi connectivity index (χ3v) is 1.81. The highest BCUT2D eigenvalue weighted by Crippen LogP contribution is 2.15. The van der Waals surface area contributed by atoms with Gasteiger partial charge in [0.25, 0.3) is 0 Å². The fourth-order valence-corrected chi connectivity index (χ4v) is 1.10. The molecule has 0 heterocycles. The Morgan fingerprint density at radius 3 is 2.67 bits per heavy atom. The minimum absolute atomic E-state index is 1.04. The van der Waals surface area contributed by atoms with Crippen molar-refractivity contribution in [2.75, 3.05) is 12.4 Å². The Balaban J connectivity index is 3.03. The number of aryl methyl sites for hydroxylation is 1. The van der Waals surface area contributed by atoms with E-state index in [9.17, 15) is 0 Å². The van der Waals surface area contributed by atoms with Crippen LogP contribution in [-0.4, -0.2) is 12.2 Å². The zero-order valence-corrected chi connectivity index (χ0v) is 7.33. The van der Waals surface area contributed by atoms with Crippen molar-refractivity contribution in [3.8, 4) is 0 Å². The second-order valence-electron chi connectivity index (χ2n) is 2.64. The van der Waals surface area contributed by atoms with E-state index in [1.54, 1.807) is 6.08 Å². The number of anilines is 1. The van der Waals surface area contributed by atoms with Crippen LogP contribution in [0.25, 0.3) is 6.08 Å². The lowest BCUT2D eigenvalue weighted by molar-refractivity contribution is 0.478. The molecule has 0 unspecified atom stereocenters. The van der Waals surface area contributed by atoms with E-state index < -0.39 is 0 Å². The number of aliphatic hydroxyl groups is 1. The number of rotatable bonds is 2. The van der Waals surface area contributed by atoms with Crippen molar-refractivity contribution in [2.45, 2.75) is 6.92 Å².